The topological polar surface area (TPSA) is 105 Å². The number of amides is 2. The van der Waals surface area contributed by atoms with E-state index in [1.165, 1.54) is 4.31 Å². The summed E-state index contributed by atoms with van der Waals surface area (Å²) in [6, 6.07) is 11.6. The van der Waals surface area contributed by atoms with Crippen LogP contribution in [0.25, 0.3) is 10.8 Å². The van der Waals surface area contributed by atoms with Crippen molar-refractivity contribution < 1.29 is 27.5 Å². The quantitative estimate of drug-likeness (QED) is 0.356. The van der Waals surface area contributed by atoms with Crippen LogP contribution in [0.15, 0.2) is 52.1 Å². The molecule has 3 heterocycles. The van der Waals surface area contributed by atoms with E-state index in [-0.39, 0.29) is 16.0 Å². The molecule has 2 aliphatic rings. The predicted octanol–water partition coefficient (Wildman–Crippen LogP) is 4.10. The third-order valence-corrected chi connectivity index (χ3v) is 10.2. The monoisotopic (exact) mass is 557 g/mol. The summed E-state index contributed by atoms with van der Waals surface area (Å²) in [6.45, 7) is 2.38. The highest BCUT2D eigenvalue weighted by molar-refractivity contribution is 7.91. The fourth-order valence-electron chi connectivity index (χ4n) is 5.14. The number of carbonyl (C=O) groups is 2. The average Bonchev–Trinajstić information content (AvgIpc) is 3.57. The minimum Gasteiger partial charge on any atom is -0.382 e. The van der Waals surface area contributed by atoms with Crippen molar-refractivity contribution in [1.82, 2.24) is 4.31 Å². The van der Waals surface area contributed by atoms with Gasteiger partial charge in [0.1, 0.15) is 10.3 Å². The molecule has 202 valence electrons. The summed E-state index contributed by atoms with van der Waals surface area (Å²) in [5.41, 5.74) is 1.95. The number of anilines is 2. The molecule has 2 aromatic carbocycles. The summed E-state index contributed by atoms with van der Waals surface area (Å²) in [5, 5.41) is 6.25. The Balaban J connectivity index is 1.36. The summed E-state index contributed by atoms with van der Waals surface area (Å²) in [6.07, 6.45) is 2.62. The van der Waals surface area contributed by atoms with Gasteiger partial charge in [0.25, 0.3) is 15.9 Å². The van der Waals surface area contributed by atoms with Crippen molar-refractivity contribution in [3.63, 3.8) is 0 Å². The van der Waals surface area contributed by atoms with E-state index < -0.39 is 16.1 Å². The lowest BCUT2D eigenvalue weighted by atomic mass is 10.0. The zero-order valence-electron chi connectivity index (χ0n) is 21.2. The predicted molar refractivity (Wildman–Crippen MR) is 147 cm³/mol. The third-order valence-electron chi connectivity index (χ3n) is 6.96. The molecule has 11 heteroatoms. The van der Waals surface area contributed by atoms with Gasteiger partial charge >= 0.3 is 0 Å². The van der Waals surface area contributed by atoms with Crippen LogP contribution in [0.2, 0.25) is 0 Å². The molecule has 1 unspecified atom stereocenters. The van der Waals surface area contributed by atoms with E-state index in [0.29, 0.717) is 63.4 Å². The van der Waals surface area contributed by atoms with Gasteiger partial charge in [0.15, 0.2) is 0 Å². The van der Waals surface area contributed by atoms with Crippen molar-refractivity contribution >= 4 is 55.3 Å². The number of ether oxygens (including phenoxy) is 2. The normalized spacial score (nSPS) is 17.9. The molecule has 38 heavy (non-hydrogen) atoms. The highest BCUT2D eigenvalue weighted by Gasteiger charge is 2.38. The van der Waals surface area contributed by atoms with Gasteiger partial charge in [0.05, 0.1) is 18.9 Å². The maximum absolute atomic E-state index is 13.5. The molecule has 3 aromatic rings. The maximum atomic E-state index is 13.5. The number of carbonyl (C=O) groups excluding carboxylic acids is 2. The van der Waals surface area contributed by atoms with Crippen LogP contribution >= 0.6 is 11.3 Å². The van der Waals surface area contributed by atoms with E-state index in [9.17, 15) is 18.0 Å². The molecule has 1 saturated heterocycles. The van der Waals surface area contributed by atoms with Crippen molar-refractivity contribution in [3.05, 3.63) is 53.4 Å². The minimum atomic E-state index is -3.76. The number of sulfonamides is 1. The number of nitrogens with one attached hydrogen (secondary N) is 1. The van der Waals surface area contributed by atoms with Gasteiger partial charge in [-0.25, -0.2) is 8.42 Å². The van der Waals surface area contributed by atoms with Gasteiger partial charge in [-0.15, -0.1) is 11.3 Å². The van der Waals surface area contributed by atoms with Gasteiger partial charge < -0.3 is 19.7 Å². The van der Waals surface area contributed by atoms with Crippen LogP contribution in [-0.2, 0) is 24.3 Å². The second-order valence-electron chi connectivity index (χ2n) is 9.32. The van der Waals surface area contributed by atoms with Gasteiger partial charge in [-0.3, -0.25) is 9.59 Å². The Morgan fingerprint density at radius 2 is 1.97 bits per heavy atom. The van der Waals surface area contributed by atoms with E-state index in [1.807, 2.05) is 12.1 Å². The van der Waals surface area contributed by atoms with Crippen LogP contribution in [0.1, 0.15) is 36.0 Å². The Kier molecular flexibility index (Phi) is 8.10. The van der Waals surface area contributed by atoms with Crippen molar-refractivity contribution in [2.24, 2.45) is 0 Å². The Morgan fingerprint density at radius 3 is 2.76 bits per heavy atom. The lowest BCUT2D eigenvalue weighted by Gasteiger charge is -2.33. The molecule has 1 atom stereocenters. The van der Waals surface area contributed by atoms with Crippen molar-refractivity contribution in [3.8, 4) is 0 Å². The Hall–Kier alpha value is -2.83. The number of hydrogen-bond acceptors (Lipinski definition) is 7. The first-order chi connectivity index (χ1) is 18.4. The summed E-state index contributed by atoms with van der Waals surface area (Å²) >= 11 is 1.15. The van der Waals surface area contributed by atoms with E-state index in [4.69, 9.17) is 9.47 Å². The SMILES string of the molecule is COCCOCCCN1C(=O)c2cccc3c(NC(=O)C4CCCCN4S(=O)(=O)c4cccs4)ccc1c23. The average molecular weight is 558 g/mol. The number of rotatable bonds is 11. The molecule has 0 spiro atoms. The number of hydrogen-bond donors (Lipinski definition) is 1. The van der Waals surface area contributed by atoms with Crippen LogP contribution in [0, 0.1) is 0 Å². The van der Waals surface area contributed by atoms with E-state index in [0.717, 1.165) is 34.2 Å². The molecule has 5 rings (SSSR count). The van der Waals surface area contributed by atoms with Gasteiger partial charge in [-0.05, 0) is 48.9 Å². The Bertz CT molecular complexity index is 1420. The first-order valence-corrected chi connectivity index (χ1v) is 15.1. The number of thiophene rings is 1. The standard InChI is InChI=1S/C27H31N3O6S2/c1-35-16-17-36-15-6-13-29-22-12-11-21(19-7-4-8-20(25(19)22)27(29)32)28-26(31)23-9-2-3-14-30(23)38(33,34)24-10-5-18-37-24/h4-5,7-8,10-12,18,23H,2-3,6,9,13-17H2,1H3,(H,28,31). The van der Waals surface area contributed by atoms with E-state index in [2.05, 4.69) is 5.32 Å². The van der Waals surface area contributed by atoms with Crippen molar-refractivity contribution in [1.29, 1.82) is 0 Å². The molecule has 1 N–H and O–H groups in total. The zero-order chi connectivity index (χ0) is 26.7. The molecule has 2 amide bonds. The van der Waals surface area contributed by atoms with Crippen LogP contribution in [0.4, 0.5) is 11.4 Å². The molecule has 0 radical (unpaired) electrons. The molecule has 0 aliphatic carbocycles. The number of benzene rings is 2. The van der Waals surface area contributed by atoms with E-state index in [1.54, 1.807) is 47.7 Å². The zero-order valence-corrected chi connectivity index (χ0v) is 22.9. The molecule has 0 bridgehead atoms. The number of nitrogens with zero attached hydrogens (tertiary/aromatic N) is 2. The summed E-state index contributed by atoms with van der Waals surface area (Å²) in [7, 11) is -2.14. The van der Waals surface area contributed by atoms with Crippen LogP contribution in [0.3, 0.4) is 0 Å². The van der Waals surface area contributed by atoms with Crippen LogP contribution in [-0.4, -0.2) is 70.6 Å². The first-order valence-electron chi connectivity index (χ1n) is 12.7. The molecule has 0 saturated carbocycles. The first kappa shape index (κ1) is 26.8. The highest BCUT2D eigenvalue weighted by atomic mass is 32.2. The lowest BCUT2D eigenvalue weighted by molar-refractivity contribution is -0.120. The minimum absolute atomic E-state index is 0.0773. The number of piperidine rings is 1. The van der Waals surface area contributed by atoms with E-state index >= 15 is 0 Å². The van der Waals surface area contributed by atoms with Crippen molar-refractivity contribution in [2.45, 2.75) is 35.9 Å². The Labute approximate surface area is 226 Å². The molecule has 9 nitrogen and oxygen atoms in total. The van der Waals surface area contributed by atoms with Crippen molar-refractivity contribution in [2.75, 3.05) is 50.2 Å². The Morgan fingerprint density at radius 1 is 1.11 bits per heavy atom. The van der Waals surface area contributed by atoms with Crippen LogP contribution in [0.5, 0.6) is 0 Å². The molecular formula is C27H31N3O6S2. The fourth-order valence-corrected chi connectivity index (χ4v) is 7.92. The molecule has 2 aliphatic heterocycles. The van der Waals surface area contributed by atoms with Crippen LogP contribution < -0.4 is 10.2 Å². The fraction of sp³-hybridized carbons (Fsp3) is 0.407. The lowest BCUT2D eigenvalue weighted by Crippen LogP contribution is -2.49. The molecule has 1 fully saturated rings. The second kappa shape index (κ2) is 11.5. The largest absolute Gasteiger partial charge is 0.382 e. The molecular weight excluding hydrogens is 526 g/mol. The van der Waals surface area contributed by atoms with Gasteiger partial charge in [-0.1, -0.05) is 24.6 Å². The smallest absolute Gasteiger partial charge is 0.258 e. The molecule has 1 aromatic heterocycles. The highest BCUT2D eigenvalue weighted by Crippen LogP contribution is 2.41. The second-order valence-corrected chi connectivity index (χ2v) is 12.4. The number of methoxy groups -OCH3 is 1. The third kappa shape index (κ3) is 5.08. The maximum Gasteiger partial charge on any atom is 0.258 e. The summed E-state index contributed by atoms with van der Waals surface area (Å²) in [5.74, 6) is -0.439. The van der Waals surface area contributed by atoms with Gasteiger partial charge in [0.2, 0.25) is 5.91 Å². The summed E-state index contributed by atoms with van der Waals surface area (Å²) in [4.78, 5) is 28.4. The summed E-state index contributed by atoms with van der Waals surface area (Å²) < 4.78 is 38.6. The van der Waals surface area contributed by atoms with Gasteiger partial charge in [0, 0.05) is 48.8 Å². The van der Waals surface area contributed by atoms with Gasteiger partial charge in [-0.2, -0.15) is 4.31 Å².